The van der Waals surface area contributed by atoms with Crippen LogP contribution in [0.25, 0.3) is 0 Å². The Morgan fingerprint density at radius 1 is 1.10 bits per heavy atom. The van der Waals surface area contributed by atoms with Crippen molar-refractivity contribution in [3.8, 4) is 5.75 Å². The molecule has 0 aromatic heterocycles. The largest absolute Gasteiger partial charge is 0.491 e. The van der Waals surface area contributed by atoms with Crippen molar-refractivity contribution in [1.29, 1.82) is 0 Å². The molecule has 0 saturated heterocycles. The van der Waals surface area contributed by atoms with E-state index in [1.807, 2.05) is 0 Å². The van der Waals surface area contributed by atoms with Crippen LogP contribution in [-0.4, -0.2) is 12.6 Å². The zero-order valence-electron chi connectivity index (χ0n) is 14.5. The SMILES string of the molecule is CCCCC(CC)C(NCC)c1ccccc1OC(C)C. The van der Waals surface area contributed by atoms with E-state index in [1.54, 1.807) is 0 Å². The highest BCUT2D eigenvalue weighted by Crippen LogP contribution is 2.34. The maximum atomic E-state index is 6.03. The molecule has 2 nitrogen and oxygen atoms in total. The maximum Gasteiger partial charge on any atom is 0.124 e. The Morgan fingerprint density at radius 2 is 1.81 bits per heavy atom. The van der Waals surface area contributed by atoms with Crippen LogP contribution in [0.2, 0.25) is 0 Å². The number of nitrogens with one attached hydrogen (secondary N) is 1. The molecule has 0 aliphatic heterocycles. The van der Waals surface area contributed by atoms with Gasteiger partial charge in [0.2, 0.25) is 0 Å². The molecule has 1 aromatic rings. The fourth-order valence-electron chi connectivity index (χ4n) is 2.92. The van der Waals surface area contributed by atoms with Gasteiger partial charge in [0.05, 0.1) is 6.10 Å². The van der Waals surface area contributed by atoms with Gasteiger partial charge in [0.25, 0.3) is 0 Å². The van der Waals surface area contributed by atoms with Crippen molar-refractivity contribution in [1.82, 2.24) is 5.32 Å². The average Bonchev–Trinajstić information content (AvgIpc) is 2.47. The molecule has 0 fully saturated rings. The van der Waals surface area contributed by atoms with Crippen LogP contribution in [0.5, 0.6) is 5.75 Å². The summed E-state index contributed by atoms with van der Waals surface area (Å²) in [6.45, 7) is 11.9. The fourth-order valence-corrected chi connectivity index (χ4v) is 2.92. The van der Waals surface area contributed by atoms with Crippen molar-refractivity contribution in [3.05, 3.63) is 29.8 Å². The minimum Gasteiger partial charge on any atom is -0.491 e. The number of hydrogen-bond donors (Lipinski definition) is 1. The normalized spacial score (nSPS) is 14.2. The second-order valence-electron chi connectivity index (χ2n) is 6.05. The Hall–Kier alpha value is -1.02. The van der Waals surface area contributed by atoms with Crippen molar-refractivity contribution < 1.29 is 4.74 Å². The number of benzene rings is 1. The van der Waals surface area contributed by atoms with Crippen LogP contribution < -0.4 is 10.1 Å². The van der Waals surface area contributed by atoms with Gasteiger partial charge < -0.3 is 10.1 Å². The first-order chi connectivity index (χ1) is 10.1. The molecule has 0 bridgehead atoms. The van der Waals surface area contributed by atoms with Crippen LogP contribution in [0.3, 0.4) is 0 Å². The lowest BCUT2D eigenvalue weighted by Gasteiger charge is -2.29. The molecule has 2 heteroatoms. The summed E-state index contributed by atoms with van der Waals surface area (Å²) in [7, 11) is 0. The molecule has 0 radical (unpaired) electrons. The average molecular weight is 291 g/mol. The monoisotopic (exact) mass is 291 g/mol. The summed E-state index contributed by atoms with van der Waals surface area (Å²) in [5.41, 5.74) is 1.32. The van der Waals surface area contributed by atoms with Gasteiger partial charge in [-0.1, -0.05) is 58.2 Å². The minimum absolute atomic E-state index is 0.212. The smallest absolute Gasteiger partial charge is 0.124 e. The van der Waals surface area contributed by atoms with E-state index in [4.69, 9.17) is 4.74 Å². The third kappa shape index (κ3) is 5.70. The first kappa shape index (κ1) is 18.0. The summed E-state index contributed by atoms with van der Waals surface area (Å²) in [5.74, 6) is 1.70. The van der Waals surface area contributed by atoms with E-state index in [-0.39, 0.29) is 6.10 Å². The van der Waals surface area contributed by atoms with Crippen LogP contribution in [0, 0.1) is 5.92 Å². The molecular formula is C19H33NO. The molecule has 120 valence electrons. The zero-order valence-corrected chi connectivity index (χ0v) is 14.5. The van der Waals surface area contributed by atoms with Crippen molar-refractivity contribution in [3.63, 3.8) is 0 Å². The summed E-state index contributed by atoms with van der Waals surface area (Å²) < 4.78 is 6.03. The highest BCUT2D eigenvalue weighted by Gasteiger charge is 2.23. The van der Waals surface area contributed by atoms with Crippen LogP contribution in [0.4, 0.5) is 0 Å². The van der Waals surface area contributed by atoms with Crippen molar-refractivity contribution in [2.24, 2.45) is 5.92 Å². The van der Waals surface area contributed by atoms with E-state index in [2.05, 4.69) is 64.2 Å². The lowest BCUT2D eigenvalue weighted by Crippen LogP contribution is -2.29. The molecule has 21 heavy (non-hydrogen) atoms. The van der Waals surface area contributed by atoms with Gasteiger partial charge in [0.15, 0.2) is 0 Å². The molecule has 1 rings (SSSR count). The molecule has 0 spiro atoms. The van der Waals surface area contributed by atoms with Gasteiger partial charge in [-0.3, -0.25) is 0 Å². The molecule has 0 heterocycles. The van der Waals surface area contributed by atoms with E-state index in [0.717, 1.165) is 12.3 Å². The first-order valence-corrected chi connectivity index (χ1v) is 8.62. The van der Waals surface area contributed by atoms with Gasteiger partial charge in [0, 0.05) is 11.6 Å². The number of hydrogen-bond acceptors (Lipinski definition) is 2. The quantitative estimate of drug-likeness (QED) is 0.628. The number of para-hydroxylation sites is 1. The van der Waals surface area contributed by atoms with Crippen LogP contribution >= 0.6 is 0 Å². The molecule has 0 aliphatic rings. The van der Waals surface area contributed by atoms with Crippen molar-refractivity contribution >= 4 is 0 Å². The molecule has 1 aromatic carbocycles. The van der Waals surface area contributed by atoms with Gasteiger partial charge in [-0.15, -0.1) is 0 Å². The number of ether oxygens (including phenoxy) is 1. The fraction of sp³-hybridized carbons (Fsp3) is 0.684. The van der Waals surface area contributed by atoms with Crippen molar-refractivity contribution in [2.45, 2.75) is 72.4 Å². The van der Waals surface area contributed by atoms with E-state index in [9.17, 15) is 0 Å². The number of unbranched alkanes of at least 4 members (excludes halogenated alkanes) is 1. The Morgan fingerprint density at radius 3 is 2.38 bits per heavy atom. The maximum absolute atomic E-state index is 6.03. The molecule has 0 amide bonds. The lowest BCUT2D eigenvalue weighted by molar-refractivity contribution is 0.231. The van der Waals surface area contributed by atoms with Gasteiger partial charge >= 0.3 is 0 Å². The highest BCUT2D eigenvalue weighted by atomic mass is 16.5. The summed E-state index contributed by atoms with van der Waals surface area (Å²) in [5, 5.41) is 3.69. The summed E-state index contributed by atoms with van der Waals surface area (Å²) >= 11 is 0. The van der Waals surface area contributed by atoms with Gasteiger partial charge in [-0.2, -0.15) is 0 Å². The minimum atomic E-state index is 0.212. The molecule has 2 unspecified atom stereocenters. The van der Waals surface area contributed by atoms with E-state index in [0.29, 0.717) is 12.0 Å². The second kappa shape index (κ2) is 9.83. The van der Waals surface area contributed by atoms with E-state index in [1.165, 1.54) is 31.2 Å². The van der Waals surface area contributed by atoms with E-state index < -0.39 is 0 Å². The second-order valence-corrected chi connectivity index (χ2v) is 6.05. The molecular weight excluding hydrogens is 258 g/mol. The Kier molecular flexibility index (Phi) is 8.44. The highest BCUT2D eigenvalue weighted by molar-refractivity contribution is 5.36. The first-order valence-electron chi connectivity index (χ1n) is 8.62. The summed E-state index contributed by atoms with van der Waals surface area (Å²) in [6, 6.07) is 8.91. The van der Waals surface area contributed by atoms with Gasteiger partial charge in [0.1, 0.15) is 5.75 Å². The Labute approximate surface area is 131 Å². The van der Waals surface area contributed by atoms with Crippen LogP contribution in [0.15, 0.2) is 24.3 Å². The topological polar surface area (TPSA) is 21.3 Å². The molecule has 1 N–H and O–H groups in total. The van der Waals surface area contributed by atoms with Crippen LogP contribution in [0.1, 0.15) is 71.9 Å². The van der Waals surface area contributed by atoms with Crippen LogP contribution in [-0.2, 0) is 0 Å². The van der Waals surface area contributed by atoms with E-state index >= 15 is 0 Å². The van der Waals surface area contributed by atoms with Gasteiger partial charge in [-0.25, -0.2) is 0 Å². The predicted octanol–water partition coefficient (Wildman–Crippen LogP) is 5.34. The Bertz CT molecular complexity index is 389. The molecule has 0 saturated carbocycles. The third-order valence-corrected chi connectivity index (χ3v) is 3.97. The number of rotatable bonds is 10. The third-order valence-electron chi connectivity index (χ3n) is 3.97. The lowest BCUT2D eigenvalue weighted by atomic mass is 9.86. The molecule has 2 atom stereocenters. The zero-order chi connectivity index (χ0) is 15.7. The summed E-state index contributed by atoms with van der Waals surface area (Å²) in [6.07, 6.45) is 5.26. The van der Waals surface area contributed by atoms with Gasteiger partial charge in [-0.05, 0) is 38.8 Å². The summed E-state index contributed by atoms with van der Waals surface area (Å²) in [4.78, 5) is 0. The van der Waals surface area contributed by atoms with Crippen molar-refractivity contribution in [2.75, 3.05) is 6.54 Å². The molecule has 0 aliphatic carbocycles. The standard InChI is InChI=1S/C19H33NO/c1-6-9-12-16(7-2)19(20-8-3)17-13-10-11-14-18(17)21-15(4)5/h10-11,13-16,19-20H,6-9,12H2,1-5H3. The Balaban J connectivity index is 3.02. The predicted molar refractivity (Wildman–Crippen MR) is 91.9 cm³/mol.